The van der Waals surface area contributed by atoms with Crippen LogP contribution in [0.4, 0.5) is 0 Å². The quantitative estimate of drug-likeness (QED) is 0.563. The van der Waals surface area contributed by atoms with E-state index in [4.69, 9.17) is 4.84 Å². The molecular weight excluding hydrogens is 348 g/mol. The van der Waals surface area contributed by atoms with Crippen LogP contribution in [0.1, 0.15) is 71.6 Å². The SMILES string of the molecule is C=C1C[C@@H]2[C@H](CC[C@]3(C)C(=O)CC[C@@H]23)[C@@]2(C)CCC(=NO[C@@H]3CCNC3)C[C@H]12. The van der Waals surface area contributed by atoms with Crippen molar-refractivity contribution in [3.8, 4) is 0 Å². The summed E-state index contributed by atoms with van der Waals surface area (Å²) in [5, 5.41) is 7.93. The van der Waals surface area contributed by atoms with Gasteiger partial charge in [-0.3, -0.25) is 4.79 Å². The standard InChI is InChI=1S/C24H36N2O2/c1-15-12-18-19-4-5-22(27)24(19,3)10-7-20(18)23(2)9-6-16(13-21(15)23)26-28-17-8-11-25-14-17/h17-21,25H,1,4-14H2,2-3H3/t17-,18+,19+,20+,21-,23-,24+/m1/s1. The van der Waals surface area contributed by atoms with Crippen LogP contribution in [0.3, 0.4) is 0 Å². The second kappa shape index (κ2) is 6.68. The zero-order chi connectivity index (χ0) is 19.5. The third kappa shape index (κ3) is 2.74. The highest BCUT2D eigenvalue weighted by Gasteiger charge is 2.60. The van der Waals surface area contributed by atoms with Crippen molar-refractivity contribution >= 4 is 11.5 Å². The number of fused-ring (bicyclic) bond motifs is 5. The van der Waals surface area contributed by atoms with Crippen LogP contribution in [-0.4, -0.2) is 30.7 Å². The van der Waals surface area contributed by atoms with Gasteiger partial charge in [-0.2, -0.15) is 0 Å². The van der Waals surface area contributed by atoms with Crippen molar-refractivity contribution in [2.45, 2.75) is 77.7 Å². The van der Waals surface area contributed by atoms with Crippen LogP contribution in [0, 0.1) is 34.5 Å². The third-order valence-corrected chi connectivity index (χ3v) is 9.52. The van der Waals surface area contributed by atoms with Crippen molar-refractivity contribution in [1.29, 1.82) is 0 Å². The second-order valence-corrected chi connectivity index (χ2v) is 10.8. The minimum absolute atomic E-state index is 0.0465. The van der Waals surface area contributed by atoms with Gasteiger partial charge in [0.1, 0.15) is 11.9 Å². The number of carbonyl (C=O) groups excluding carboxylic acids is 1. The van der Waals surface area contributed by atoms with Gasteiger partial charge in [-0.15, -0.1) is 0 Å². The molecule has 0 unspecified atom stereocenters. The van der Waals surface area contributed by atoms with Crippen LogP contribution in [0.5, 0.6) is 0 Å². The lowest BCUT2D eigenvalue weighted by molar-refractivity contribution is -0.134. The second-order valence-electron chi connectivity index (χ2n) is 10.8. The highest BCUT2D eigenvalue weighted by atomic mass is 16.6. The van der Waals surface area contributed by atoms with Gasteiger partial charge in [0, 0.05) is 24.8 Å². The maximum absolute atomic E-state index is 12.6. The molecule has 4 nitrogen and oxygen atoms in total. The Bertz CT molecular complexity index is 709. The maximum atomic E-state index is 12.6. The Morgan fingerprint density at radius 3 is 2.75 bits per heavy atom. The summed E-state index contributed by atoms with van der Waals surface area (Å²) in [6.07, 6.45) is 9.96. The molecule has 7 atom stereocenters. The Balaban J connectivity index is 1.35. The molecule has 28 heavy (non-hydrogen) atoms. The first kappa shape index (κ1) is 18.8. The van der Waals surface area contributed by atoms with Gasteiger partial charge in [0.05, 0.1) is 5.71 Å². The van der Waals surface area contributed by atoms with Gasteiger partial charge in [0.2, 0.25) is 0 Å². The number of carbonyl (C=O) groups is 1. The molecule has 4 saturated carbocycles. The Hall–Kier alpha value is -1.16. The van der Waals surface area contributed by atoms with Crippen LogP contribution in [0.15, 0.2) is 17.3 Å². The molecule has 0 aromatic carbocycles. The lowest BCUT2D eigenvalue weighted by Crippen LogP contribution is -2.54. The van der Waals surface area contributed by atoms with Crippen LogP contribution in [0.2, 0.25) is 0 Å². The van der Waals surface area contributed by atoms with E-state index in [1.165, 1.54) is 24.1 Å². The fraction of sp³-hybridized carbons (Fsp3) is 0.833. The summed E-state index contributed by atoms with van der Waals surface area (Å²) in [5.74, 6) is 3.06. The Kier molecular flexibility index (Phi) is 4.50. The van der Waals surface area contributed by atoms with E-state index in [0.717, 1.165) is 64.0 Å². The topological polar surface area (TPSA) is 50.7 Å². The van der Waals surface area contributed by atoms with Gasteiger partial charge in [-0.25, -0.2) is 0 Å². The van der Waals surface area contributed by atoms with E-state index in [2.05, 4.69) is 30.9 Å². The number of Topliss-reactive ketones (excluding diaryl/α,β-unsaturated/α-hetero) is 1. The van der Waals surface area contributed by atoms with E-state index >= 15 is 0 Å². The molecule has 1 heterocycles. The van der Waals surface area contributed by atoms with Crippen molar-refractivity contribution in [3.63, 3.8) is 0 Å². The van der Waals surface area contributed by atoms with Crippen LogP contribution < -0.4 is 5.32 Å². The Morgan fingerprint density at radius 1 is 1.11 bits per heavy atom. The normalized spacial score (nSPS) is 49.6. The molecule has 0 amide bonds. The van der Waals surface area contributed by atoms with E-state index in [0.29, 0.717) is 29.0 Å². The predicted octanol–water partition coefficient (Wildman–Crippen LogP) is 4.50. The molecule has 1 N–H and O–H groups in total. The summed E-state index contributed by atoms with van der Waals surface area (Å²) in [6.45, 7) is 11.3. The number of allylic oxidation sites excluding steroid dienone is 1. The number of nitrogens with one attached hydrogen (secondary N) is 1. The summed E-state index contributed by atoms with van der Waals surface area (Å²) < 4.78 is 0. The molecule has 0 spiro atoms. The molecule has 5 aliphatic rings. The highest BCUT2D eigenvalue weighted by Crippen LogP contribution is 2.66. The molecule has 154 valence electrons. The minimum atomic E-state index is -0.0465. The first-order valence-corrected chi connectivity index (χ1v) is 11.5. The van der Waals surface area contributed by atoms with Gasteiger partial charge in [-0.1, -0.05) is 31.2 Å². The Morgan fingerprint density at radius 2 is 1.96 bits per heavy atom. The number of hydrogen-bond acceptors (Lipinski definition) is 4. The molecule has 4 aliphatic carbocycles. The van der Waals surface area contributed by atoms with Gasteiger partial charge in [-0.05, 0) is 80.6 Å². The minimum Gasteiger partial charge on any atom is -0.391 e. The first-order valence-electron chi connectivity index (χ1n) is 11.5. The van der Waals surface area contributed by atoms with Gasteiger partial charge in [0.15, 0.2) is 0 Å². The first-order chi connectivity index (χ1) is 13.4. The molecule has 5 rings (SSSR count). The van der Waals surface area contributed by atoms with Gasteiger partial charge < -0.3 is 10.2 Å². The molecule has 1 saturated heterocycles. The smallest absolute Gasteiger partial charge is 0.141 e. The molecule has 5 fully saturated rings. The van der Waals surface area contributed by atoms with Crippen molar-refractivity contribution in [2.24, 2.45) is 39.7 Å². The van der Waals surface area contributed by atoms with Crippen LogP contribution in [-0.2, 0) is 9.63 Å². The zero-order valence-electron chi connectivity index (χ0n) is 17.6. The molecule has 1 aliphatic heterocycles. The lowest BCUT2D eigenvalue weighted by atomic mass is 9.44. The van der Waals surface area contributed by atoms with Crippen LogP contribution >= 0.6 is 0 Å². The maximum Gasteiger partial charge on any atom is 0.141 e. The zero-order valence-corrected chi connectivity index (χ0v) is 17.6. The van der Waals surface area contributed by atoms with Crippen molar-refractivity contribution in [3.05, 3.63) is 12.2 Å². The monoisotopic (exact) mass is 384 g/mol. The van der Waals surface area contributed by atoms with Crippen molar-refractivity contribution < 1.29 is 9.63 Å². The van der Waals surface area contributed by atoms with E-state index in [1.54, 1.807) is 0 Å². The summed E-state index contributed by atoms with van der Waals surface area (Å²) >= 11 is 0. The van der Waals surface area contributed by atoms with E-state index in [9.17, 15) is 4.79 Å². The van der Waals surface area contributed by atoms with Crippen molar-refractivity contribution in [2.75, 3.05) is 13.1 Å². The molecule has 0 aromatic heterocycles. The van der Waals surface area contributed by atoms with Gasteiger partial charge >= 0.3 is 0 Å². The summed E-state index contributed by atoms with van der Waals surface area (Å²) in [7, 11) is 0. The predicted molar refractivity (Wildman–Crippen MR) is 111 cm³/mol. The largest absolute Gasteiger partial charge is 0.391 e. The number of hydrogen-bond donors (Lipinski definition) is 1. The summed E-state index contributed by atoms with van der Waals surface area (Å²) in [6, 6.07) is 0. The summed E-state index contributed by atoms with van der Waals surface area (Å²) in [5.41, 5.74) is 2.93. The molecule has 4 heteroatoms. The van der Waals surface area contributed by atoms with E-state index in [1.807, 2.05) is 0 Å². The number of oxime groups is 1. The number of ketones is 1. The van der Waals surface area contributed by atoms with Crippen molar-refractivity contribution in [1.82, 2.24) is 5.32 Å². The third-order valence-electron chi connectivity index (χ3n) is 9.52. The average Bonchev–Trinajstić information content (AvgIpc) is 3.29. The van der Waals surface area contributed by atoms with E-state index in [-0.39, 0.29) is 11.5 Å². The Labute approximate surface area is 169 Å². The molecular formula is C24H36N2O2. The summed E-state index contributed by atoms with van der Waals surface area (Å²) in [4.78, 5) is 18.5. The number of nitrogens with zero attached hydrogens (tertiary/aromatic N) is 1. The average molecular weight is 385 g/mol. The van der Waals surface area contributed by atoms with Crippen LogP contribution in [0.25, 0.3) is 0 Å². The fourth-order valence-electron chi connectivity index (χ4n) is 7.77. The lowest BCUT2D eigenvalue weighted by Gasteiger charge is -2.60. The number of rotatable bonds is 2. The highest BCUT2D eigenvalue weighted by molar-refractivity contribution is 5.87. The van der Waals surface area contributed by atoms with E-state index < -0.39 is 0 Å². The molecule has 0 radical (unpaired) electrons. The molecule has 0 aromatic rings. The van der Waals surface area contributed by atoms with Gasteiger partial charge in [0.25, 0.3) is 0 Å². The molecule has 0 bridgehead atoms. The fourth-order valence-corrected chi connectivity index (χ4v) is 7.77.